The second-order valence-corrected chi connectivity index (χ2v) is 7.02. The number of aromatic nitrogens is 3. The standard InChI is InChI=1S/C24H23N5O3/c1-16(18-12-11-17(31-2)14-22(18)32-3)27-28-23(30)15-29-21-10-5-4-8-19(21)26-24(29)20-9-6-7-13-25-20/h4-14H,15H2,1-3H3,(H,28,30). The summed E-state index contributed by atoms with van der Waals surface area (Å²) in [5.41, 5.74) is 6.34. The van der Waals surface area contributed by atoms with Gasteiger partial charge in [-0.2, -0.15) is 5.10 Å². The molecule has 8 nitrogen and oxygen atoms in total. The molecule has 0 bridgehead atoms. The normalized spacial score (nSPS) is 11.4. The highest BCUT2D eigenvalue weighted by Crippen LogP contribution is 2.25. The summed E-state index contributed by atoms with van der Waals surface area (Å²) >= 11 is 0. The van der Waals surface area contributed by atoms with Gasteiger partial charge in [0, 0.05) is 17.8 Å². The number of hydrogen-bond donors (Lipinski definition) is 1. The number of ether oxygens (including phenoxy) is 2. The Balaban J connectivity index is 1.59. The fourth-order valence-electron chi connectivity index (χ4n) is 3.41. The van der Waals surface area contributed by atoms with Crippen LogP contribution in [-0.2, 0) is 11.3 Å². The third-order valence-electron chi connectivity index (χ3n) is 5.00. The lowest BCUT2D eigenvalue weighted by Gasteiger charge is -2.11. The summed E-state index contributed by atoms with van der Waals surface area (Å²) in [6.07, 6.45) is 1.70. The monoisotopic (exact) mass is 429 g/mol. The number of amides is 1. The van der Waals surface area contributed by atoms with E-state index < -0.39 is 0 Å². The average Bonchev–Trinajstić information content (AvgIpc) is 3.21. The number of hydrazone groups is 1. The minimum Gasteiger partial charge on any atom is -0.497 e. The highest BCUT2D eigenvalue weighted by atomic mass is 16.5. The first-order valence-electron chi connectivity index (χ1n) is 10.0. The summed E-state index contributed by atoms with van der Waals surface area (Å²) in [5, 5.41) is 4.27. The van der Waals surface area contributed by atoms with Gasteiger partial charge in [0.05, 0.1) is 31.0 Å². The third-order valence-corrected chi connectivity index (χ3v) is 5.00. The van der Waals surface area contributed by atoms with E-state index in [4.69, 9.17) is 9.47 Å². The van der Waals surface area contributed by atoms with Crippen molar-refractivity contribution in [3.63, 3.8) is 0 Å². The van der Waals surface area contributed by atoms with Crippen molar-refractivity contribution in [2.24, 2.45) is 5.10 Å². The summed E-state index contributed by atoms with van der Waals surface area (Å²) in [4.78, 5) is 21.9. The Morgan fingerprint density at radius 2 is 1.88 bits per heavy atom. The molecule has 32 heavy (non-hydrogen) atoms. The number of rotatable bonds is 7. The molecule has 0 saturated heterocycles. The zero-order chi connectivity index (χ0) is 22.5. The van der Waals surface area contributed by atoms with E-state index in [1.807, 2.05) is 59.2 Å². The third kappa shape index (κ3) is 4.29. The summed E-state index contributed by atoms with van der Waals surface area (Å²) in [6, 6.07) is 18.7. The summed E-state index contributed by atoms with van der Waals surface area (Å²) < 4.78 is 12.5. The molecule has 1 amide bonds. The Morgan fingerprint density at radius 3 is 2.62 bits per heavy atom. The van der Waals surface area contributed by atoms with Gasteiger partial charge in [0.15, 0.2) is 5.82 Å². The number of methoxy groups -OCH3 is 2. The van der Waals surface area contributed by atoms with Crippen molar-refractivity contribution in [3.8, 4) is 23.0 Å². The molecule has 0 aliphatic heterocycles. The molecular weight excluding hydrogens is 406 g/mol. The molecule has 0 atom stereocenters. The molecule has 1 N–H and O–H groups in total. The largest absolute Gasteiger partial charge is 0.497 e. The van der Waals surface area contributed by atoms with Gasteiger partial charge in [-0.15, -0.1) is 0 Å². The van der Waals surface area contributed by atoms with Crippen molar-refractivity contribution in [2.75, 3.05) is 14.2 Å². The molecule has 8 heteroatoms. The van der Waals surface area contributed by atoms with Crippen molar-refractivity contribution < 1.29 is 14.3 Å². The van der Waals surface area contributed by atoms with E-state index in [1.165, 1.54) is 0 Å². The average molecular weight is 429 g/mol. The second kappa shape index (κ2) is 9.30. The lowest BCUT2D eigenvalue weighted by Crippen LogP contribution is -2.24. The van der Waals surface area contributed by atoms with E-state index in [0.717, 1.165) is 16.6 Å². The first-order valence-corrected chi connectivity index (χ1v) is 10.0. The van der Waals surface area contributed by atoms with Crippen LogP contribution in [0.1, 0.15) is 12.5 Å². The fourth-order valence-corrected chi connectivity index (χ4v) is 3.41. The number of hydrogen-bond acceptors (Lipinski definition) is 6. The summed E-state index contributed by atoms with van der Waals surface area (Å²) in [6.45, 7) is 1.85. The molecule has 0 fully saturated rings. The number of para-hydroxylation sites is 2. The van der Waals surface area contributed by atoms with Crippen molar-refractivity contribution in [1.82, 2.24) is 20.0 Å². The van der Waals surface area contributed by atoms with Crippen molar-refractivity contribution in [1.29, 1.82) is 0 Å². The Kier molecular flexibility index (Phi) is 6.12. The van der Waals surface area contributed by atoms with Crippen LogP contribution in [0.2, 0.25) is 0 Å². The van der Waals surface area contributed by atoms with Crippen LogP contribution < -0.4 is 14.9 Å². The minimum absolute atomic E-state index is 0.0446. The van der Waals surface area contributed by atoms with Crippen LogP contribution in [0.4, 0.5) is 0 Å². The predicted molar refractivity (Wildman–Crippen MR) is 123 cm³/mol. The number of carbonyl (C=O) groups is 1. The highest BCUT2D eigenvalue weighted by Gasteiger charge is 2.16. The van der Waals surface area contributed by atoms with Gasteiger partial charge in [-0.3, -0.25) is 9.78 Å². The number of imidazole rings is 1. The van der Waals surface area contributed by atoms with Crippen LogP contribution in [0.15, 0.2) is 72.0 Å². The van der Waals surface area contributed by atoms with Gasteiger partial charge in [-0.25, -0.2) is 10.4 Å². The minimum atomic E-state index is -0.280. The van der Waals surface area contributed by atoms with E-state index in [9.17, 15) is 4.79 Å². The van der Waals surface area contributed by atoms with E-state index in [0.29, 0.717) is 28.7 Å². The van der Waals surface area contributed by atoms with Gasteiger partial charge < -0.3 is 14.0 Å². The quantitative estimate of drug-likeness (QED) is 0.358. The Hall–Kier alpha value is -4.20. The van der Waals surface area contributed by atoms with Crippen LogP contribution in [0.5, 0.6) is 11.5 Å². The maximum Gasteiger partial charge on any atom is 0.260 e. The van der Waals surface area contributed by atoms with Crippen LogP contribution in [0.25, 0.3) is 22.6 Å². The van der Waals surface area contributed by atoms with E-state index >= 15 is 0 Å². The fraction of sp³-hybridized carbons (Fsp3) is 0.167. The topological polar surface area (TPSA) is 90.6 Å². The molecule has 2 aromatic heterocycles. The van der Waals surface area contributed by atoms with Gasteiger partial charge in [0.25, 0.3) is 5.91 Å². The molecule has 0 saturated carbocycles. The first-order chi connectivity index (χ1) is 15.6. The maximum atomic E-state index is 12.8. The first kappa shape index (κ1) is 21.0. The zero-order valence-electron chi connectivity index (χ0n) is 18.1. The number of pyridine rings is 1. The molecule has 0 aliphatic rings. The van der Waals surface area contributed by atoms with Crippen LogP contribution in [-0.4, -0.2) is 40.4 Å². The number of nitrogens with one attached hydrogen (secondary N) is 1. The molecule has 4 aromatic rings. The summed E-state index contributed by atoms with van der Waals surface area (Å²) in [7, 11) is 3.17. The summed E-state index contributed by atoms with van der Waals surface area (Å²) in [5.74, 6) is 1.63. The number of carbonyl (C=O) groups excluding carboxylic acids is 1. The van der Waals surface area contributed by atoms with Gasteiger partial charge in [-0.05, 0) is 43.3 Å². The van der Waals surface area contributed by atoms with Crippen LogP contribution in [0.3, 0.4) is 0 Å². The highest BCUT2D eigenvalue weighted by molar-refractivity contribution is 6.01. The van der Waals surface area contributed by atoms with E-state index in [2.05, 4.69) is 20.5 Å². The van der Waals surface area contributed by atoms with Crippen molar-refractivity contribution >= 4 is 22.7 Å². The molecule has 0 unspecified atom stereocenters. The second-order valence-electron chi connectivity index (χ2n) is 7.02. The van der Waals surface area contributed by atoms with Gasteiger partial charge in [0.1, 0.15) is 23.7 Å². The van der Waals surface area contributed by atoms with Gasteiger partial charge >= 0.3 is 0 Å². The molecule has 2 aromatic carbocycles. The lowest BCUT2D eigenvalue weighted by molar-refractivity contribution is -0.121. The van der Waals surface area contributed by atoms with Crippen molar-refractivity contribution in [3.05, 3.63) is 72.4 Å². The smallest absolute Gasteiger partial charge is 0.260 e. The van der Waals surface area contributed by atoms with Crippen LogP contribution >= 0.6 is 0 Å². The molecule has 162 valence electrons. The maximum absolute atomic E-state index is 12.8. The van der Waals surface area contributed by atoms with Crippen LogP contribution in [0, 0.1) is 0 Å². The molecule has 0 radical (unpaired) electrons. The SMILES string of the molecule is COc1ccc(C(C)=NNC(=O)Cn2c(-c3ccccn3)nc3ccccc32)c(OC)c1. The van der Waals surface area contributed by atoms with Gasteiger partial charge in [0.2, 0.25) is 0 Å². The molecule has 0 aliphatic carbocycles. The van der Waals surface area contributed by atoms with Crippen molar-refractivity contribution in [2.45, 2.75) is 13.5 Å². The molecular formula is C24H23N5O3. The number of fused-ring (bicyclic) bond motifs is 1. The number of nitrogens with zero attached hydrogens (tertiary/aromatic N) is 4. The number of benzene rings is 2. The van der Waals surface area contributed by atoms with E-state index in [-0.39, 0.29) is 12.5 Å². The zero-order valence-corrected chi connectivity index (χ0v) is 18.1. The molecule has 4 rings (SSSR count). The van der Waals surface area contributed by atoms with Gasteiger partial charge in [-0.1, -0.05) is 18.2 Å². The van der Waals surface area contributed by atoms with E-state index in [1.54, 1.807) is 33.4 Å². The Bertz CT molecular complexity index is 1280. The predicted octanol–water partition coefficient (Wildman–Crippen LogP) is 3.66. The lowest BCUT2D eigenvalue weighted by atomic mass is 10.1. The Morgan fingerprint density at radius 1 is 1.06 bits per heavy atom. The Labute approximate surface area is 185 Å². The molecule has 2 heterocycles. The molecule has 0 spiro atoms.